The normalized spacial score (nSPS) is 23.6. The minimum absolute atomic E-state index is 0.135. The summed E-state index contributed by atoms with van der Waals surface area (Å²) in [7, 11) is 0. The summed E-state index contributed by atoms with van der Waals surface area (Å²) in [6.07, 6.45) is 1.81. The third-order valence-electron chi connectivity index (χ3n) is 5.30. The zero-order valence-electron chi connectivity index (χ0n) is 14.6. The molecule has 3 atom stereocenters. The maximum atomic E-state index is 14.4. The number of rotatable bonds is 3. The van der Waals surface area contributed by atoms with Gasteiger partial charge in [0, 0.05) is 29.8 Å². The Morgan fingerprint density at radius 2 is 1.93 bits per heavy atom. The first-order valence-electron chi connectivity index (χ1n) is 8.79. The molecule has 27 heavy (non-hydrogen) atoms. The molecular formula is C21H17F2N3O. The highest BCUT2D eigenvalue weighted by atomic mass is 19.1. The van der Waals surface area contributed by atoms with Crippen LogP contribution in [0.4, 0.5) is 8.78 Å². The van der Waals surface area contributed by atoms with Crippen molar-refractivity contribution in [1.82, 2.24) is 10.2 Å². The number of hydrogen-bond donors (Lipinski definition) is 1. The summed E-state index contributed by atoms with van der Waals surface area (Å²) in [5, 5.41) is 12.2. The SMILES string of the molecule is CCC1C(c2ccc(F)cc2F)C2NC(c3ccc(C#N)cc3)=CC(=O)N12. The second-order valence-electron chi connectivity index (χ2n) is 6.75. The van der Waals surface area contributed by atoms with Gasteiger partial charge in [0.25, 0.3) is 5.91 Å². The summed E-state index contributed by atoms with van der Waals surface area (Å²) in [5.74, 6) is -1.61. The van der Waals surface area contributed by atoms with Crippen molar-refractivity contribution in [3.05, 3.63) is 76.9 Å². The molecule has 0 aliphatic carbocycles. The lowest BCUT2D eigenvalue weighted by Gasteiger charge is -2.57. The van der Waals surface area contributed by atoms with E-state index in [0.717, 1.165) is 11.6 Å². The molecule has 1 N–H and O–H groups in total. The molecule has 0 saturated carbocycles. The van der Waals surface area contributed by atoms with E-state index < -0.39 is 17.8 Å². The number of nitrogens with one attached hydrogen (secondary N) is 1. The van der Waals surface area contributed by atoms with Gasteiger partial charge in [-0.25, -0.2) is 8.78 Å². The molecule has 0 spiro atoms. The fraction of sp³-hybridized carbons (Fsp3) is 0.238. The van der Waals surface area contributed by atoms with Gasteiger partial charge in [0.15, 0.2) is 0 Å². The molecule has 6 heteroatoms. The highest BCUT2D eigenvalue weighted by molar-refractivity contribution is 5.98. The van der Waals surface area contributed by atoms with Gasteiger partial charge in [0.2, 0.25) is 0 Å². The van der Waals surface area contributed by atoms with Crippen molar-refractivity contribution < 1.29 is 13.6 Å². The summed E-state index contributed by atoms with van der Waals surface area (Å²) < 4.78 is 27.7. The highest BCUT2D eigenvalue weighted by Crippen LogP contribution is 2.44. The lowest BCUT2D eigenvalue weighted by molar-refractivity contribution is -0.145. The monoisotopic (exact) mass is 365 g/mol. The number of hydrogen-bond acceptors (Lipinski definition) is 3. The van der Waals surface area contributed by atoms with Gasteiger partial charge < -0.3 is 10.2 Å². The number of benzene rings is 2. The third-order valence-corrected chi connectivity index (χ3v) is 5.30. The molecule has 0 bridgehead atoms. The summed E-state index contributed by atoms with van der Waals surface area (Å²) in [6.45, 7) is 1.95. The van der Waals surface area contributed by atoms with E-state index >= 15 is 0 Å². The fourth-order valence-electron chi connectivity index (χ4n) is 4.01. The maximum absolute atomic E-state index is 14.4. The molecule has 1 amide bonds. The molecule has 3 unspecified atom stereocenters. The molecule has 1 saturated heterocycles. The van der Waals surface area contributed by atoms with Crippen LogP contribution in [-0.2, 0) is 4.79 Å². The minimum atomic E-state index is -0.619. The maximum Gasteiger partial charge on any atom is 0.250 e. The molecule has 2 aromatic rings. The lowest BCUT2D eigenvalue weighted by atomic mass is 9.76. The number of carbonyl (C=O) groups is 1. The van der Waals surface area contributed by atoms with Crippen LogP contribution in [0.2, 0.25) is 0 Å². The Bertz CT molecular complexity index is 978. The zero-order chi connectivity index (χ0) is 19.1. The van der Waals surface area contributed by atoms with Gasteiger partial charge in [0.05, 0.1) is 11.6 Å². The number of nitriles is 1. The van der Waals surface area contributed by atoms with Gasteiger partial charge >= 0.3 is 0 Å². The van der Waals surface area contributed by atoms with Gasteiger partial charge in [-0.2, -0.15) is 5.26 Å². The van der Waals surface area contributed by atoms with Crippen LogP contribution in [0.5, 0.6) is 0 Å². The first kappa shape index (κ1) is 17.2. The van der Waals surface area contributed by atoms with Crippen molar-refractivity contribution in [3.8, 4) is 6.07 Å². The lowest BCUT2D eigenvalue weighted by Crippen LogP contribution is -2.70. The molecule has 2 aliphatic heterocycles. The van der Waals surface area contributed by atoms with Crippen LogP contribution >= 0.6 is 0 Å². The van der Waals surface area contributed by atoms with E-state index in [1.165, 1.54) is 18.2 Å². The predicted molar refractivity (Wildman–Crippen MR) is 96.1 cm³/mol. The van der Waals surface area contributed by atoms with Crippen LogP contribution in [0.15, 0.2) is 48.5 Å². The van der Waals surface area contributed by atoms with E-state index in [1.54, 1.807) is 29.2 Å². The Kier molecular flexibility index (Phi) is 4.15. The second kappa shape index (κ2) is 6.51. The average molecular weight is 365 g/mol. The highest BCUT2D eigenvalue weighted by Gasteiger charge is 2.52. The van der Waals surface area contributed by atoms with Crippen LogP contribution < -0.4 is 5.32 Å². The van der Waals surface area contributed by atoms with Crippen molar-refractivity contribution in [2.75, 3.05) is 0 Å². The summed E-state index contributed by atoms with van der Waals surface area (Å²) >= 11 is 0. The first-order chi connectivity index (χ1) is 13.0. The first-order valence-corrected chi connectivity index (χ1v) is 8.79. The molecule has 2 aromatic carbocycles. The van der Waals surface area contributed by atoms with Gasteiger partial charge in [0.1, 0.15) is 17.8 Å². The molecule has 0 aromatic heterocycles. The standard InChI is InChI=1S/C21H17F2N3O/c1-2-18-20(15-8-7-14(22)9-16(15)23)21-25-17(10-19(27)26(18)21)13-5-3-12(11-24)4-6-13/h3-10,18,20-21,25H,2H2,1H3. The van der Waals surface area contributed by atoms with Crippen LogP contribution in [-0.4, -0.2) is 23.0 Å². The fourth-order valence-corrected chi connectivity index (χ4v) is 4.01. The summed E-state index contributed by atoms with van der Waals surface area (Å²) in [4.78, 5) is 14.4. The van der Waals surface area contributed by atoms with Crippen molar-refractivity contribution in [2.24, 2.45) is 0 Å². The van der Waals surface area contributed by atoms with Crippen LogP contribution in [0.25, 0.3) is 5.70 Å². The number of nitrogens with zero attached hydrogens (tertiary/aromatic N) is 2. The van der Waals surface area contributed by atoms with E-state index in [1.807, 2.05) is 6.92 Å². The topological polar surface area (TPSA) is 56.1 Å². The van der Waals surface area contributed by atoms with Crippen LogP contribution in [0.1, 0.15) is 36.0 Å². The number of halogens is 2. The van der Waals surface area contributed by atoms with Crippen molar-refractivity contribution in [2.45, 2.75) is 31.5 Å². The van der Waals surface area contributed by atoms with Crippen molar-refractivity contribution in [1.29, 1.82) is 5.26 Å². The molecular weight excluding hydrogens is 348 g/mol. The van der Waals surface area contributed by atoms with Crippen molar-refractivity contribution >= 4 is 11.6 Å². The van der Waals surface area contributed by atoms with Gasteiger partial charge in [-0.05, 0) is 35.7 Å². The number of amides is 1. The largest absolute Gasteiger partial charge is 0.364 e. The number of carbonyl (C=O) groups excluding carboxylic acids is 1. The molecule has 1 fully saturated rings. The molecule has 2 heterocycles. The van der Waals surface area contributed by atoms with E-state index in [2.05, 4.69) is 11.4 Å². The Labute approximate surface area is 155 Å². The second-order valence-corrected chi connectivity index (χ2v) is 6.75. The van der Waals surface area contributed by atoms with E-state index in [-0.39, 0.29) is 17.9 Å². The van der Waals surface area contributed by atoms with Crippen molar-refractivity contribution in [3.63, 3.8) is 0 Å². The molecule has 136 valence electrons. The molecule has 2 aliphatic rings. The predicted octanol–water partition coefficient (Wildman–Crippen LogP) is 3.51. The Hall–Kier alpha value is -3.20. The smallest absolute Gasteiger partial charge is 0.250 e. The minimum Gasteiger partial charge on any atom is -0.364 e. The van der Waals surface area contributed by atoms with Gasteiger partial charge in [-0.1, -0.05) is 25.1 Å². The molecule has 0 radical (unpaired) electrons. The average Bonchev–Trinajstić information content (AvgIpc) is 2.65. The quantitative estimate of drug-likeness (QED) is 0.906. The van der Waals surface area contributed by atoms with Gasteiger partial charge in [-0.15, -0.1) is 0 Å². The summed E-state index contributed by atoms with van der Waals surface area (Å²) in [5.41, 5.74) is 2.35. The number of fused-ring (bicyclic) bond motifs is 1. The van der Waals surface area contributed by atoms with E-state index in [4.69, 9.17) is 5.26 Å². The van der Waals surface area contributed by atoms with Crippen LogP contribution in [0.3, 0.4) is 0 Å². The Morgan fingerprint density at radius 3 is 2.56 bits per heavy atom. The van der Waals surface area contributed by atoms with E-state index in [9.17, 15) is 13.6 Å². The van der Waals surface area contributed by atoms with Crippen LogP contribution in [0, 0.1) is 23.0 Å². The Balaban J connectivity index is 1.68. The molecule has 4 rings (SSSR count). The van der Waals surface area contributed by atoms with Gasteiger partial charge in [-0.3, -0.25) is 4.79 Å². The summed E-state index contributed by atoms with van der Waals surface area (Å²) in [6, 6.07) is 12.4. The third kappa shape index (κ3) is 2.76. The van der Waals surface area contributed by atoms with E-state index in [0.29, 0.717) is 23.2 Å². The zero-order valence-corrected chi connectivity index (χ0v) is 14.6. The molecule has 4 nitrogen and oxygen atoms in total. The Morgan fingerprint density at radius 1 is 1.19 bits per heavy atom.